The van der Waals surface area contributed by atoms with Gasteiger partial charge in [0.2, 0.25) is 5.91 Å². The van der Waals surface area contributed by atoms with Gasteiger partial charge in [0.15, 0.2) is 0 Å². The second-order valence-corrected chi connectivity index (χ2v) is 5.51. The number of likely N-dealkylation sites (tertiary alicyclic amines) is 1. The molecule has 1 fully saturated rings. The Kier molecular flexibility index (Phi) is 5.44. The summed E-state index contributed by atoms with van der Waals surface area (Å²) in [6, 6.07) is 6.93. The van der Waals surface area contributed by atoms with Gasteiger partial charge in [0.1, 0.15) is 5.75 Å². The van der Waals surface area contributed by atoms with Gasteiger partial charge >= 0.3 is 5.97 Å². The molecule has 1 heterocycles. The lowest BCUT2D eigenvalue weighted by Crippen LogP contribution is -2.42. The normalized spacial score (nSPS) is 18.3. The van der Waals surface area contributed by atoms with Crippen LogP contribution in [0, 0.1) is 5.92 Å². The summed E-state index contributed by atoms with van der Waals surface area (Å²) in [5.41, 5.74) is 0. The molecule has 114 valence electrons. The molecule has 0 aromatic heterocycles. The zero-order valence-corrected chi connectivity index (χ0v) is 12.4. The van der Waals surface area contributed by atoms with Gasteiger partial charge in [-0.3, -0.25) is 9.59 Å². The van der Waals surface area contributed by atoms with Crippen molar-refractivity contribution in [2.24, 2.45) is 5.92 Å². The van der Waals surface area contributed by atoms with E-state index >= 15 is 0 Å². The van der Waals surface area contributed by atoms with Crippen LogP contribution in [0.5, 0.6) is 5.75 Å². The molecule has 6 heteroatoms. The second kappa shape index (κ2) is 7.31. The number of piperidine rings is 1. The van der Waals surface area contributed by atoms with Crippen LogP contribution in [-0.4, -0.2) is 41.6 Å². The highest BCUT2D eigenvalue weighted by molar-refractivity contribution is 6.30. The Morgan fingerprint density at radius 2 is 2.05 bits per heavy atom. The first-order valence-corrected chi connectivity index (χ1v) is 7.33. The molecule has 0 bridgehead atoms. The molecule has 1 aliphatic rings. The summed E-state index contributed by atoms with van der Waals surface area (Å²) in [6.07, 6.45) is 1.62. The molecule has 21 heavy (non-hydrogen) atoms. The van der Waals surface area contributed by atoms with Gasteiger partial charge in [0, 0.05) is 18.1 Å². The van der Waals surface area contributed by atoms with E-state index in [9.17, 15) is 9.59 Å². The summed E-state index contributed by atoms with van der Waals surface area (Å²) in [5, 5.41) is 9.64. The lowest BCUT2D eigenvalue weighted by molar-refractivity contribution is -0.145. The number of carboxylic acid groups (broad SMARTS) is 1. The van der Waals surface area contributed by atoms with Gasteiger partial charge in [-0.2, -0.15) is 0 Å². The molecule has 1 aromatic carbocycles. The van der Waals surface area contributed by atoms with E-state index in [2.05, 4.69) is 0 Å². The molecule has 1 amide bonds. The number of benzene rings is 1. The number of halogens is 1. The van der Waals surface area contributed by atoms with E-state index in [-0.39, 0.29) is 18.9 Å². The summed E-state index contributed by atoms with van der Waals surface area (Å²) < 4.78 is 5.47. The number of amides is 1. The van der Waals surface area contributed by atoms with E-state index in [4.69, 9.17) is 21.4 Å². The van der Waals surface area contributed by atoms with Gasteiger partial charge in [-0.15, -0.1) is 0 Å². The molecule has 1 N–H and O–H groups in total. The maximum atomic E-state index is 12.0. The quantitative estimate of drug-likeness (QED) is 0.907. The first-order valence-electron chi connectivity index (χ1n) is 6.95. The van der Waals surface area contributed by atoms with Crippen molar-refractivity contribution in [3.63, 3.8) is 0 Å². The standard InChI is InChI=1S/C15H18ClNO4/c16-12-3-5-13(6-4-12)21-9-7-14(18)17-8-1-2-11(10-17)15(19)20/h3-6,11H,1-2,7-10H2,(H,19,20)/t11-/m0/s1. The largest absolute Gasteiger partial charge is 0.493 e. The van der Waals surface area contributed by atoms with E-state index in [0.29, 0.717) is 30.3 Å². The van der Waals surface area contributed by atoms with Gasteiger partial charge in [-0.05, 0) is 37.1 Å². The van der Waals surface area contributed by atoms with E-state index in [1.54, 1.807) is 29.2 Å². The predicted molar refractivity (Wildman–Crippen MR) is 78.5 cm³/mol. The first kappa shape index (κ1) is 15.6. The molecule has 1 aromatic rings. The van der Waals surface area contributed by atoms with Gasteiger partial charge in [0.25, 0.3) is 0 Å². The Hall–Kier alpha value is -1.75. The number of carbonyl (C=O) groups is 2. The van der Waals surface area contributed by atoms with Crippen molar-refractivity contribution in [3.05, 3.63) is 29.3 Å². The highest BCUT2D eigenvalue weighted by Gasteiger charge is 2.27. The minimum absolute atomic E-state index is 0.0603. The van der Waals surface area contributed by atoms with Crippen molar-refractivity contribution in [1.82, 2.24) is 4.90 Å². The molecule has 0 saturated carbocycles. The summed E-state index contributed by atoms with van der Waals surface area (Å²) in [5.74, 6) is -0.672. The fourth-order valence-electron chi connectivity index (χ4n) is 2.35. The molecule has 1 atom stereocenters. The second-order valence-electron chi connectivity index (χ2n) is 5.07. The van der Waals surface area contributed by atoms with Crippen LogP contribution >= 0.6 is 11.6 Å². The van der Waals surface area contributed by atoms with Crippen molar-refractivity contribution in [1.29, 1.82) is 0 Å². The lowest BCUT2D eigenvalue weighted by Gasteiger charge is -2.30. The van der Waals surface area contributed by atoms with Gasteiger partial charge < -0.3 is 14.7 Å². The van der Waals surface area contributed by atoms with Crippen LogP contribution in [0.1, 0.15) is 19.3 Å². The van der Waals surface area contributed by atoms with Crippen molar-refractivity contribution in [2.45, 2.75) is 19.3 Å². The van der Waals surface area contributed by atoms with E-state index in [1.165, 1.54) is 0 Å². The topological polar surface area (TPSA) is 66.8 Å². The minimum atomic E-state index is -0.829. The number of hydrogen-bond donors (Lipinski definition) is 1. The molecule has 0 radical (unpaired) electrons. The van der Waals surface area contributed by atoms with Gasteiger partial charge in [-0.1, -0.05) is 11.6 Å². The summed E-state index contributed by atoms with van der Waals surface area (Å²) in [7, 11) is 0. The average molecular weight is 312 g/mol. The number of ether oxygens (including phenoxy) is 1. The smallest absolute Gasteiger partial charge is 0.308 e. The van der Waals surface area contributed by atoms with Crippen LogP contribution in [0.3, 0.4) is 0 Å². The third-order valence-corrected chi connectivity index (χ3v) is 3.77. The van der Waals surface area contributed by atoms with E-state index in [1.807, 2.05) is 0 Å². The summed E-state index contributed by atoms with van der Waals surface area (Å²) >= 11 is 5.77. The molecular formula is C15H18ClNO4. The van der Waals surface area contributed by atoms with Crippen molar-refractivity contribution in [2.75, 3.05) is 19.7 Å². The van der Waals surface area contributed by atoms with Crippen LogP contribution in [0.25, 0.3) is 0 Å². The molecule has 1 saturated heterocycles. The molecule has 1 aliphatic heterocycles. The molecule has 0 aliphatic carbocycles. The molecule has 0 spiro atoms. The van der Waals surface area contributed by atoms with Crippen molar-refractivity contribution >= 4 is 23.5 Å². The zero-order chi connectivity index (χ0) is 15.2. The van der Waals surface area contributed by atoms with Crippen LogP contribution in [0.4, 0.5) is 0 Å². The zero-order valence-electron chi connectivity index (χ0n) is 11.6. The Morgan fingerprint density at radius 1 is 1.33 bits per heavy atom. The lowest BCUT2D eigenvalue weighted by atomic mass is 9.98. The number of rotatable bonds is 5. The Morgan fingerprint density at radius 3 is 2.71 bits per heavy atom. The third kappa shape index (κ3) is 4.63. The number of carboxylic acids is 1. The highest BCUT2D eigenvalue weighted by Crippen LogP contribution is 2.18. The SMILES string of the molecule is O=C(O)[C@H]1CCCN(C(=O)CCOc2ccc(Cl)cc2)C1. The fraction of sp³-hybridized carbons (Fsp3) is 0.467. The average Bonchev–Trinajstić information content (AvgIpc) is 2.49. The van der Waals surface area contributed by atoms with Crippen LogP contribution in [0.15, 0.2) is 24.3 Å². The first-order chi connectivity index (χ1) is 10.1. The molecule has 0 unspecified atom stereocenters. The van der Waals surface area contributed by atoms with Gasteiger partial charge in [-0.25, -0.2) is 0 Å². The van der Waals surface area contributed by atoms with E-state index in [0.717, 1.165) is 6.42 Å². The monoisotopic (exact) mass is 311 g/mol. The number of carbonyl (C=O) groups excluding carboxylic acids is 1. The summed E-state index contributed by atoms with van der Waals surface area (Å²) in [4.78, 5) is 24.6. The van der Waals surface area contributed by atoms with Crippen LogP contribution in [0.2, 0.25) is 5.02 Å². The number of nitrogens with zero attached hydrogens (tertiary/aromatic N) is 1. The predicted octanol–water partition coefficient (Wildman–Crippen LogP) is 2.43. The maximum Gasteiger partial charge on any atom is 0.308 e. The third-order valence-electron chi connectivity index (χ3n) is 3.52. The van der Waals surface area contributed by atoms with Crippen LogP contribution in [-0.2, 0) is 9.59 Å². The molecular weight excluding hydrogens is 294 g/mol. The van der Waals surface area contributed by atoms with Gasteiger partial charge in [0.05, 0.1) is 18.9 Å². The highest BCUT2D eigenvalue weighted by atomic mass is 35.5. The Labute approximate surface area is 128 Å². The molecule has 5 nitrogen and oxygen atoms in total. The van der Waals surface area contributed by atoms with Crippen molar-refractivity contribution < 1.29 is 19.4 Å². The number of aliphatic carboxylic acids is 1. The number of hydrogen-bond acceptors (Lipinski definition) is 3. The van der Waals surface area contributed by atoms with Crippen LogP contribution < -0.4 is 4.74 Å². The van der Waals surface area contributed by atoms with E-state index < -0.39 is 11.9 Å². The molecule has 2 rings (SSSR count). The van der Waals surface area contributed by atoms with Crippen molar-refractivity contribution in [3.8, 4) is 5.75 Å². The Balaban J connectivity index is 1.76. The summed E-state index contributed by atoms with van der Waals surface area (Å²) in [6.45, 7) is 1.20. The minimum Gasteiger partial charge on any atom is -0.493 e. The fourth-order valence-corrected chi connectivity index (χ4v) is 2.48. The maximum absolute atomic E-state index is 12.0. The Bertz CT molecular complexity index is 503.